The van der Waals surface area contributed by atoms with E-state index >= 15 is 0 Å². The summed E-state index contributed by atoms with van der Waals surface area (Å²) in [6.07, 6.45) is 2.51. The van der Waals surface area contributed by atoms with Gasteiger partial charge in [0.25, 0.3) is 5.69 Å². The topological polar surface area (TPSA) is 109 Å². The summed E-state index contributed by atoms with van der Waals surface area (Å²) >= 11 is 0. The lowest BCUT2D eigenvalue weighted by atomic mass is 9.96. The summed E-state index contributed by atoms with van der Waals surface area (Å²) in [5.41, 5.74) is 9.12. The van der Waals surface area contributed by atoms with Gasteiger partial charge in [0.1, 0.15) is 0 Å². The van der Waals surface area contributed by atoms with Gasteiger partial charge in [0.05, 0.1) is 11.5 Å². The molecule has 0 aliphatic carbocycles. The largest absolute Gasteiger partial charge is 0.370 e. The molecule has 2 aliphatic rings. The predicted molar refractivity (Wildman–Crippen MR) is 133 cm³/mol. The van der Waals surface area contributed by atoms with Crippen LogP contribution in [0.25, 0.3) is 0 Å². The molecule has 0 aromatic heterocycles. The number of nitrogens with one attached hydrogen (secondary N) is 1. The zero-order chi connectivity index (χ0) is 21.8. The molecule has 2 aromatic carbocycles. The zero-order valence-electron chi connectivity index (χ0n) is 18.4. The molecule has 0 amide bonds. The van der Waals surface area contributed by atoms with Crippen molar-refractivity contribution in [2.24, 2.45) is 11.7 Å². The number of guanidine groups is 1. The molecule has 10 heteroatoms. The van der Waals surface area contributed by atoms with Gasteiger partial charge >= 0.3 is 0 Å². The monoisotopic (exact) mass is 495 g/mol. The molecule has 1 saturated heterocycles. The van der Waals surface area contributed by atoms with Crippen LogP contribution in [0.4, 0.5) is 5.69 Å². The fourth-order valence-electron chi connectivity index (χ4n) is 4.56. The highest BCUT2D eigenvalue weighted by atomic mass is 35.5. The van der Waals surface area contributed by atoms with Crippen molar-refractivity contribution in [2.75, 3.05) is 26.2 Å². The van der Waals surface area contributed by atoms with Gasteiger partial charge in [-0.25, -0.2) is 0 Å². The average Bonchev–Trinajstić information content (AvgIpc) is 2.78. The summed E-state index contributed by atoms with van der Waals surface area (Å²) in [6, 6.07) is 15.2. The Morgan fingerprint density at radius 3 is 2.45 bits per heavy atom. The fourth-order valence-corrected chi connectivity index (χ4v) is 4.56. The summed E-state index contributed by atoms with van der Waals surface area (Å²) < 4.78 is 6.32. The van der Waals surface area contributed by atoms with Gasteiger partial charge < -0.3 is 15.4 Å². The van der Waals surface area contributed by atoms with E-state index in [0.717, 1.165) is 43.5 Å². The molecule has 2 heterocycles. The highest BCUT2D eigenvalue weighted by molar-refractivity contribution is 5.85. The van der Waals surface area contributed by atoms with E-state index in [1.165, 1.54) is 5.56 Å². The number of nitrogens with two attached hydrogens (primary N) is 1. The number of piperidine rings is 1. The standard InChI is InChI=1S/C23H29N5O3.2ClH/c24-23(25)27-14-11-18-5-1-3-7-20(18)22(27)31-16-17-9-12-26(13-10-17)15-19-6-2-4-8-21(19)28(29)30;;/h1-8,17,22H,9-16H2,(H3,24,25);2*1H. The van der Waals surface area contributed by atoms with Crippen LogP contribution >= 0.6 is 24.8 Å². The Balaban J connectivity index is 0.00000193. The highest BCUT2D eigenvalue weighted by Crippen LogP contribution is 2.32. The molecule has 0 bridgehead atoms. The van der Waals surface area contributed by atoms with Crippen LogP contribution in [0.3, 0.4) is 0 Å². The molecule has 2 aliphatic heterocycles. The minimum absolute atomic E-state index is 0. The molecule has 1 fully saturated rings. The molecule has 1 unspecified atom stereocenters. The van der Waals surface area contributed by atoms with E-state index in [0.29, 0.717) is 25.6 Å². The van der Waals surface area contributed by atoms with E-state index in [1.54, 1.807) is 12.1 Å². The second kappa shape index (κ2) is 12.2. The number of halogens is 2. The molecular formula is C23H31Cl2N5O3. The van der Waals surface area contributed by atoms with Crippen molar-refractivity contribution in [3.05, 3.63) is 75.3 Å². The SMILES string of the molecule is Cl.Cl.N=C(N)N1CCc2ccccc2C1OCC1CCN(Cc2ccccc2[N+](=O)[O-])CC1. The number of para-hydroxylation sites is 1. The van der Waals surface area contributed by atoms with E-state index in [9.17, 15) is 10.1 Å². The minimum atomic E-state index is -0.313. The zero-order valence-corrected chi connectivity index (χ0v) is 20.0. The second-order valence-corrected chi connectivity index (χ2v) is 8.32. The molecular weight excluding hydrogens is 465 g/mol. The van der Waals surface area contributed by atoms with Crippen LogP contribution in [0.15, 0.2) is 48.5 Å². The van der Waals surface area contributed by atoms with E-state index < -0.39 is 0 Å². The van der Waals surface area contributed by atoms with E-state index in [1.807, 2.05) is 29.2 Å². The summed E-state index contributed by atoms with van der Waals surface area (Å²) in [4.78, 5) is 15.0. The van der Waals surface area contributed by atoms with Crippen molar-refractivity contribution < 1.29 is 9.66 Å². The number of fused-ring (bicyclic) bond motifs is 1. The van der Waals surface area contributed by atoms with E-state index in [4.69, 9.17) is 15.9 Å². The Hall–Kier alpha value is -2.39. The number of nitro benzene ring substituents is 1. The van der Waals surface area contributed by atoms with Gasteiger partial charge in [0.15, 0.2) is 12.2 Å². The van der Waals surface area contributed by atoms with Crippen molar-refractivity contribution in [1.82, 2.24) is 9.80 Å². The van der Waals surface area contributed by atoms with Crippen LogP contribution < -0.4 is 5.73 Å². The third-order valence-corrected chi connectivity index (χ3v) is 6.31. The Morgan fingerprint density at radius 1 is 1.09 bits per heavy atom. The Labute approximate surface area is 206 Å². The number of likely N-dealkylation sites (tertiary alicyclic amines) is 1. The summed E-state index contributed by atoms with van der Waals surface area (Å²) in [5.74, 6) is 0.462. The van der Waals surface area contributed by atoms with Crippen molar-refractivity contribution in [1.29, 1.82) is 5.41 Å². The predicted octanol–water partition coefficient (Wildman–Crippen LogP) is 4.12. The summed E-state index contributed by atoms with van der Waals surface area (Å²) in [6.45, 7) is 3.67. The van der Waals surface area contributed by atoms with Crippen molar-refractivity contribution in [2.45, 2.75) is 32.0 Å². The van der Waals surface area contributed by atoms with Crippen LogP contribution in [0.2, 0.25) is 0 Å². The fraction of sp³-hybridized carbons (Fsp3) is 0.435. The van der Waals surface area contributed by atoms with Crippen molar-refractivity contribution in [3.63, 3.8) is 0 Å². The Bertz CT molecular complexity index is 953. The smallest absolute Gasteiger partial charge is 0.273 e. The molecule has 4 rings (SSSR count). The maximum Gasteiger partial charge on any atom is 0.273 e. The van der Waals surface area contributed by atoms with Crippen molar-refractivity contribution >= 4 is 36.5 Å². The van der Waals surface area contributed by atoms with Gasteiger partial charge in [-0.3, -0.25) is 20.4 Å². The van der Waals surface area contributed by atoms with Crippen LogP contribution in [0.5, 0.6) is 0 Å². The minimum Gasteiger partial charge on any atom is -0.370 e. The number of nitrogens with zero attached hydrogens (tertiary/aromatic N) is 3. The molecule has 8 nitrogen and oxygen atoms in total. The van der Waals surface area contributed by atoms with Gasteiger partial charge in [-0.2, -0.15) is 0 Å². The molecule has 0 spiro atoms. The van der Waals surface area contributed by atoms with Crippen LogP contribution in [0.1, 0.15) is 35.8 Å². The summed E-state index contributed by atoms with van der Waals surface area (Å²) in [5, 5.41) is 19.2. The molecule has 1 atom stereocenters. The lowest BCUT2D eigenvalue weighted by Gasteiger charge is -2.39. The molecule has 180 valence electrons. The quantitative estimate of drug-likeness (QED) is 0.270. The molecule has 0 radical (unpaired) electrons. The molecule has 2 aromatic rings. The first-order valence-corrected chi connectivity index (χ1v) is 10.8. The number of ether oxygens (including phenoxy) is 1. The van der Waals surface area contributed by atoms with Crippen LogP contribution in [0, 0.1) is 21.4 Å². The van der Waals surface area contributed by atoms with E-state index in [2.05, 4.69) is 17.0 Å². The molecule has 0 saturated carbocycles. The van der Waals surface area contributed by atoms with E-state index in [-0.39, 0.29) is 47.6 Å². The van der Waals surface area contributed by atoms with Gasteiger partial charge in [0, 0.05) is 30.3 Å². The molecule has 33 heavy (non-hydrogen) atoms. The van der Waals surface area contributed by atoms with Crippen molar-refractivity contribution in [3.8, 4) is 0 Å². The van der Waals surface area contributed by atoms with Gasteiger partial charge in [0.2, 0.25) is 0 Å². The Morgan fingerprint density at radius 2 is 1.76 bits per heavy atom. The first kappa shape index (κ1) is 26.9. The maximum absolute atomic E-state index is 11.3. The first-order valence-electron chi connectivity index (χ1n) is 10.8. The summed E-state index contributed by atoms with van der Waals surface area (Å²) in [7, 11) is 0. The van der Waals surface area contributed by atoms with Gasteiger partial charge in [-0.15, -0.1) is 24.8 Å². The number of nitro groups is 1. The van der Waals surface area contributed by atoms with Crippen LogP contribution in [-0.2, 0) is 17.7 Å². The lowest BCUT2D eigenvalue weighted by Crippen LogP contribution is -2.45. The highest BCUT2D eigenvalue weighted by Gasteiger charge is 2.30. The van der Waals surface area contributed by atoms with Crippen LogP contribution in [-0.4, -0.2) is 46.9 Å². The third kappa shape index (κ3) is 6.35. The Kier molecular flexibility index (Phi) is 9.91. The number of rotatable bonds is 6. The average molecular weight is 496 g/mol. The van der Waals surface area contributed by atoms with Gasteiger partial charge in [-0.1, -0.05) is 42.5 Å². The normalized spacial score (nSPS) is 18.5. The third-order valence-electron chi connectivity index (χ3n) is 6.31. The first-order chi connectivity index (χ1) is 15.0. The number of hydrogen-bond acceptors (Lipinski definition) is 5. The molecule has 3 N–H and O–H groups in total. The number of benzene rings is 2. The number of hydrogen-bond donors (Lipinski definition) is 2. The maximum atomic E-state index is 11.3. The second-order valence-electron chi connectivity index (χ2n) is 8.32. The van der Waals surface area contributed by atoms with Gasteiger partial charge in [-0.05, 0) is 43.8 Å². The lowest BCUT2D eigenvalue weighted by molar-refractivity contribution is -0.385.